The van der Waals surface area contributed by atoms with Crippen LogP contribution < -0.4 is 15.4 Å². The number of fused-ring (bicyclic) bond motifs is 7. The third-order valence-electron chi connectivity index (χ3n) is 11.7. The Labute approximate surface area is 297 Å². The van der Waals surface area contributed by atoms with Crippen molar-refractivity contribution in [2.75, 3.05) is 63.7 Å². The lowest BCUT2D eigenvalue weighted by Crippen LogP contribution is -2.54. The molecule has 0 saturated carbocycles. The number of methoxy groups -OCH3 is 1. The van der Waals surface area contributed by atoms with Crippen molar-refractivity contribution in [1.29, 1.82) is 5.26 Å². The van der Waals surface area contributed by atoms with Gasteiger partial charge in [-0.1, -0.05) is 0 Å². The number of anilines is 2. The SMILES string of the molecule is COCCCN1CC2CCC(C1)N2c1nc(OC[C@@]23CCCN2C[C@H](F)C3)nc2c(F)c(-c3ncc(F)c4sc(N)c(C#N)c34)c3c(c12)COC3. The smallest absolute Gasteiger partial charge is 0.319 e. The van der Waals surface area contributed by atoms with Gasteiger partial charge in [-0.2, -0.15) is 15.2 Å². The Morgan fingerprint density at radius 3 is 2.73 bits per heavy atom. The van der Waals surface area contributed by atoms with E-state index < -0.39 is 23.3 Å². The molecular weight excluding hydrogens is 682 g/mol. The molecule has 5 aliphatic rings. The van der Waals surface area contributed by atoms with Crippen molar-refractivity contribution in [1.82, 2.24) is 24.8 Å². The summed E-state index contributed by atoms with van der Waals surface area (Å²) < 4.78 is 65.1. The van der Waals surface area contributed by atoms with E-state index in [9.17, 15) is 9.65 Å². The number of halogens is 3. The van der Waals surface area contributed by atoms with E-state index in [4.69, 9.17) is 29.9 Å². The minimum Gasteiger partial charge on any atom is -0.461 e. The topological polar surface area (TPSA) is 126 Å². The second kappa shape index (κ2) is 12.7. The zero-order valence-electron chi connectivity index (χ0n) is 28.4. The van der Waals surface area contributed by atoms with E-state index in [2.05, 4.69) is 25.8 Å². The highest BCUT2D eigenvalue weighted by atomic mass is 32.1. The summed E-state index contributed by atoms with van der Waals surface area (Å²) in [6, 6.07) is 2.40. The number of alkyl halides is 1. The molecule has 11 nitrogen and oxygen atoms in total. The lowest BCUT2D eigenvalue weighted by atomic mass is 9.93. The summed E-state index contributed by atoms with van der Waals surface area (Å²) in [5.74, 6) is -0.704. The summed E-state index contributed by atoms with van der Waals surface area (Å²) in [6.07, 6.45) is 5.13. The molecule has 4 saturated heterocycles. The van der Waals surface area contributed by atoms with E-state index in [0.717, 1.165) is 81.4 Å². The molecular formula is C36H39F3N8O3S. The van der Waals surface area contributed by atoms with Crippen molar-refractivity contribution < 1.29 is 27.4 Å². The number of piperazine rings is 1. The van der Waals surface area contributed by atoms with Crippen LogP contribution >= 0.6 is 11.3 Å². The molecule has 2 N–H and O–H groups in total. The number of hydrogen-bond donors (Lipinski definition) is 1. The van der Waals surface area contributed by atoms with Crippen molar-refractivity contribution in [3.8, 4) is 23.3 Å². The van der Waals surface area contributed by atoms with Crippen LogP contribution in [-0.4, -0.2) is 102 Å². The van der Waals surface area contributed by atoms with Crippen LogP contribution in [-0.2, 0) is 22.7 Å². The van der Waals surface area contributed by atoms with Crippen molar-refractivity contribution in [3.05, 3.63) is 34.5 Å². The molecule has 1 aromatic carbocycles. The predicted octanol–water partition coefficient (Wildman–Crippen LogP) is 5.31. The van der Waals surface area contributed by atoms with E-state index in [1.165, 1.54) is 0 Å². The fourth-order valence-electron chi connectivity index (χ4n) is 9.48. The summed E-state index contributed by atoms with van der Waals surface area (Å²) in [5, 5.41) is 10.9. The van der Waals surface area contributed by atoms with Gasteiger partial charge in [-0.3, -0.25) is 14.8 Å². The Kier molecular flexibility index (Phi) is 8.23. The number of pyridine rings is 1. The normalized spacial score (nSPS) is 26.0. The molecule has 268 valence electrons. The minimum absolute atomic E-state index is 0.0291. The van der Waals surface area contributed by atoms with Crippen LogP contribution in [0.5, 0.6) is 6.01 Å². The quantitative estimate of drug-likeness (QED) is 0.226. The van der Waals surface area contributed by atoms with Crippen LogP contribution in [0.15, 0.2) is 6.20 Å². The molecule has 4 aromatic rings. The van der Waals surface area contributed by atoms with Crippen LogP contribution in [0.1, 0.15) is 55.2 Å². The zero-order valence-corrected chi connectivity index (χ0v) is 29.2. The van der Waals surface area contributed by atoms with Crippen LogP contribution in [0.25, 0.3) is 32.2 Å². The lowest BCUT2D eigenvalue weighted by molar-refractivity contribution is 0.107. The minimum atomic E-state index is -0.926. The maximum absolute atomic E-state index is 17.5. The maximum Gasteiger partial charge on any atom is 0.319 e. The Bertz CT molecular complexity index is 2080. The Morgan fingerprint density at radius 1 is 1.14 bits per heavy atom. The van der Waals surface area contributed by atoms with Gasteiger partial charge in [0.2, 0.25) is 0 Å². The Morgan fingerprint density at radius 2 is 1.94 bits per heavy atom. The summed E-state index contributed by atoms with van der Waals surface area (Å²) in [7, 11) is 1.72. The lowest BCUT2D eigenvalue weighted by Gasteiger charge is -2.42. The first-order valence-corrected chi connectivity index (χ1v) is 18.5. The highest BCUT2D eigenvalue weighted by molar-refractivity contribution is 7.23. The van der Waals surface area contributed by atoms with E-state index in [-0.39, 0.29) is 75.3 Å². The molecule has 15 heteroatoms. The van der Waals surface area contributed by atoms with Gasteiger partial charge in [0.25, 0.3) is 0 Å². The van der Waals surface area contributed by atoms with Crippen molar-refractivity contribution in [2.45, 2.75) is 75.5 Å². The number of nitrogens with zero attached hydrogens (tertiary/aromatic N) is 7. The van der Waals surface area contributed by atoms with Gasteiger partial charge in [-0.25, -0.2) is 13.2 Å². The van der Waals surface area contributed by atoms with E-state index >= 15 is 8.78 Å². The number of nitrogen functional groups attached to an aromatic ring is 1. The molecule has 0 amide bonds. The van der Waals surface area contributed by atoms with Gasteiger partial charge in [0.1, 0.15) is 35.2 Å². The first-order valence-electron chi connectivity index (χ1n) is 17.7. The molecule has 2 bridgehead atoms. The monoisotopic (exact) mass is 720 g/mol. The van der Waals surface area contributed by atoms with Gasteiger partial charge >= 0.3 is 6.01 Å². The predicted molar refractivity (Wildman–Crippen MR) is 186 cm³/mol. The van der Waals surface area contributed by atoms with Gasteiger partial charge in [-0.05, 0) is 49.8 Å². The molecule has 0 aliphatic carbocycles. The number of rotatable bonds is 9. The molecule has 4 fully saturated rings. The van der Waals surface area contributed by atoms with Gasteiger partial charge in [-0.15, -0.1) is 11.3 Å². The fraction of sp³-hybridized carbons (Fsp3) is 0.556. The van der Waals surface area contributed by atoms with Crippen molar-refractivity contribution in [3.63, 3.8) is 0 Å². The molecule has 5 aliphatic heterocycles. The van der Waals surface area contributed by atoms with Crippen molar-refractivity contribution >= 4 is 43.1 Å². The molecule has 2 unspecified atom stereocenters. The molecule has 4 atom stereocenters. The number of ether oxygens (including phenoxy) is 3. The first-order chi connectivity index (χ1) is 24.8. The highest BCUT2D eigenvalue weighted by Crippen LogP contribution is 2.48. The van der Waals surface area contributed by atoms with Gasteiger partial charge in [0, 0.05) is 69.3 Å². The second-order valence-electron chi connectivity index (χ2n) is 14.6. The third kappa shape index (κ3) is 5.24. The number of likely N-dealkylation sites (tertiary alicyclic amines) is 1. The summed E-state index contributed by atoms with van der Waals surface area (Å²) in [4.78, 5) is 21.1. The van der Waals surface area contributed by atoms with Crippen molar-refractivity contribution in [2.24, 2.45) is 0 Å². The van der Waals surface area contributed by atoms with E-state index in [1.807, 2.05) is 0 Å². The van der Waals surface area contributed by atoms with Gasteiger partial charge < -0.3 is 24.8 Å². The molecule has 9 rings (SSSR count). The van der Waals surface area contributed by atoms with E-state index in [1.54, 1.807) is 7.11 Å². The maximum atomic E-state index is 17.5. The van der Waals surface area contributed by atoms with Crippen LogP contribution in [0.3, 0.4) is 0 Å². The molecule has 8 heterocycles. The fourth-order valence-corrected chi connectivity index (χ4v) is 10.4. The number of thiophene rings is 1. The molecule has 3 aromatic heterocycles. The van der Waals surface area contributed by atoms with Crippen LogP contribution in [0, 0.1) is 23.0 Å². The zero-order chi connectivity index (χ0) is 35.0. The average molecular weight is 721 g/mol. The van der Waals surface area contributed by atoms with Gasteiger partial charge in [0.05, 0.1) is 46.3 Å². The number of hydrogen-bond acceptors (Lipinski definition) is 12. The average Bonchev–Trinajstić information content (AvgIpc) is 3.93. The Balaban J connectivity index is 1.21. The summed E-state index contributed by atoms with van der Waals surface area (Å²) in [6.45, 7) is 4.99. The van der Waals surface area contributed by atoms with Gasteiger partial charge in [0.15, 0.2) is 11.6 Å². The number of nitriles is 1. The van der Waals surface area contributed by atoms with E-state index in [0.29, 0.717) is 36.3 Å². The molecule has 0 spiro atoms. The largest absolute Gasteiger partial charge is 0.461 e. The highest BCUT2D eigenvalue weighted by Gasteiger charge is 2.50. The first kappa shape index (κ1) is 33.1. The third-order valence-corrected chi connectivity index (χ3v) is 12.7. The molecule has 0 radical (unpaired) electrons. The number of nitrogens with two attached hydrogens (primary N) is 1. The Hall–Kier alpha value is -3.81. The standard InChI is InChI=1S/C36H39F3N8O3S/c1-48-9-3-7-45-14-20-4-5-21(15-45)47(20)34-28-24-17-49-16-23(24)26(30-27-22(11-40)33(41)51-32(27)25(38)12-42-30)29(39)31(28)43-35(44-34)50-18-36-6-2-8-46(36)13-19(37)10-36/h12,19-21H,2-10,13-18,41H2,1H3/t19-,20?,21?,36+/m1/s1. The van der Waals surface area contributed by atoms with Crippen LogP contribution in [0.2, 0.25) is 0 Å². The molecule has 51 heavy (non-hydrogen) atoms. The summed E-state index contributed by atoms with van der Waals surface area (Å²) >= 11 is 0.937. The van der Waals surface area contributed by atoms with Crippen LogP contribution in [0.4, 0.5) is 24.0 Å². The number of benzene rings is 1. The second-order valence-corrected chi connectivity index (χ2v) is 15.6. The number of aromatic nitrogens is 3. The summed E-state index contributed by atoms with van der Waals surface area (Å²) in [5.41, 5.74) is 7.34.